The van der Waals surface area contributed by atoms with Gasteiger partial charge in [-0.1, -0.05) is 36.4 Å². The van der Waals surface area contributed by atoms with Gasteiger partial charge in [0.25, 0.3) is 0 Å². The zero-order chi connectivity index (χ0) is 19.2. The number of pyridine rings is 1. The van der Waals surface area contributed by atoms with Crippen LogP contribution in [0.5, 0.6) is 0 Å². The zero-order valence-electron chi connectivity index (χ0n) is 15.3. The third-order valence-corrected chi connectivity index (χ3v) is 5.39. The average Bonchev–Trinajstić information content (AvgIpc) is 3.22. The van der Waals surface area contributed by atoms with Crippen molar-refractivity contribution in [1.82, 2.24) is 0 Å². The lowest BCUT2D eigenvalue weighted by Gasteiger charge is -2.19. The molecule has 0 fully saturated rings. The molecular formula is C21H21N3OS2. The fourth-order valence-corrected chi connectivity index (χ4v) is 3.65. The molecule has 6 heteroatoms. The highest BCUT2D eigenvalue weighted by molar-refractivity contribution is 7.77. The standard InChI is InChI=1S/C21H21N3OS2/c1-23(2)17-10-12-24(13-11-17)19(20(25)18-9-6-14-27-18)21(26)22-15-16-7-4-3-5-8-16/h3-14,19H,15H2,1-2H3/t19-/m0/s1. The normalized spacial score (nSPS) is 12.6. The van der Waals surface area contributed by atoms with Crippen molar-refractivity contribution in [1.29, 1.82) is 0 Å². The van der Waals surface area contributed by atoms with Gasteiger partial charge in [0.05, 0.1) is 11.4 Å². The molecule has 0 aliphatic carbocycles. The molecule has 0 saturated heterocycles. The fourth-order valence-electron chi connectivity index (χ4n) is 2.67. The first kappa shape index (κ1) is 19.2. The number of benzene rings is 1. The topological polar surface area (TPSA) is 36.5 Å². The van der Waals surface area contributed by atoms with Gasteiger partial charge >= 0.3 is 0 Å². The first-order chi connectivity index (χ1) is 13.1. The van der Waals surface area contributed by atoms with Crippen molar-refractivity contribution in [3.63, 3.8) is 0 Å². The summed E-state index contributed by atoms with van der Waals surface area (Å²) in [7, 11) is 3.96. The maximum Gasteiger partial charge on any atom is 0.244 e. The van der Waals surface area contributed by atoms with Gasteiger partial charge in [0, 0.05) is 31.9 Å². The smallest absolute Gasteiger partial charge is 0.244 e. The van der Waals surface area contributed by atoms with Crippen molar-refractivity contribution in [3.8, 4) is 0 Å². The summed E-state index contributed by atoms with van der Waals surface area (Å²) in [5.74, 6) is -0.0329. The Morgan fingerprint density at radius 3 is 2.41 bits per heavy atom. The highest BCUT2D eigenvalue weighted by Crippen LogP contribution is 2.18. The van der Waals surface area contributed by atoms with Gasteiger partial charge in [-0.3, -0.25) is 4.79 Å². The molecule has 0 bridgehead atoms. The number of aliphatic imine (C=N–C) groups is 1. The minimum absolute atomic E-state index is 0.0329. The van der Waals surface area contributed by atoms with Crippen LogP contribution in [0.4, 0.5) is 5.69 Å². The molecule has 27 heavy (non-hydrogen) atoms. The number of carbonyl (C=O) groups excluding carboxylic acids is 1. The van der Waals surface area contributed by atoms with Crippen LogP contribution in [0.15, 0.2) is 77.4 Å². The Morgan fingerprint density at radius 1 is 1.11 bits per heavy atom. The highest BCUT2D eigenvalue weighted by Gasteiger charge is 2.29. The number of ketones is 1. The van der Waals surface area contributed by atoms with E-state index in [4.69, 9.17) is 12.6 Å². The molecule has 0 spiro atoms. The molecule has 138 valence electrons. The van der Waals surface area contributed by atoms with Crippen LogP contribution in [0.1, 0.15) is 21.3 Å². The number of nitrogens with zero attached hydrogens (tertiary/aromatic N) is 3. The summed E-state index contributed by atoms with van der Waals surface area (Å²) in [6.07, 6.45) is 3.77. The van der Waals surface area contributed by atoms with Gasteiger partial charge < -0.3 is 22.5 Å². The van der Waals surface area contributed by atoms with Crippen LogP contribution >= 0.6 is 11.3 Å². The van der Waals surface area contributed by atoms with Crippen LogP contribution < -0.4 is 9.47 Å². The summed E-state index contributed by atoms with van der Waals surface area (Å²) >= 11 is 7.00. The molecule has 3 rings (SSSR count). The van der Waals surface area contributed by atoms with E-state index in [9.17, 15) is 4.79 Å². The van der Waals surface area contributed by atoms with E-state index >= 15 is 0 Å². The SMILES string of the molecule is CN(C)c1cc[n+]([C@@H](C(=O)c2cccs2)C([S-])=NCc2ccccc2)cc1. The molecule has 0 radical (unpaired) electrons. The third kappa shape index (κ3) is 4.78. The van der Waals surface area contributed by atoms with Crippen molar-refractivity contribution >= 4 is 40.5 Å². The van der Waals surface area contributed by atoms with E-state index in [-0.39, 0.29) is 5.78 Å². The van der Waals surface area contributed by atoms with Crippen LogP contribution in [0.2, 0.25) is 0 Å². The van der Waals surface area contributed by atoms with E-state index in [0.717, 1.165) is 11.3 Å². The number of hydrogen-bond acceptors (Lipinski definition) is 5. The number of hydrogen-bond donors (Lipinski definition) is 0. The van der Waals surface area contributed by atoms with Gasteiger partial charge in [0.15, 0.2) is 12.4 Å². The first-order valence-corrected chi connectivity index (χ1v) is 9.86. The monoisotopic (exact) mass is 395 g/mol. The summed E-state index contributed by atoms with van der Waals surface area (Å²) in [4.78, 5) is 20.3. The third-order valence-electron chi connectivity index (χ3n) is 4.16. The van der Waals surface area contributed by atoms with Gasteiger partial charge in [0.2, 0.25) is 11.8 Å². The minimum atomic E-state index is -0.626. The van der Waals surface area contributed by atoms with Crippen LogP contribution in [0.3, 0.4) is 0 Å². The maximum absolute atomic E-state index is 13.1. The van der Waals surface area contributed by atoms with Gasteiger partial charge in [-0.05, 0) is 22.1 Å². The van der Waals surface area contributed by atoms with Crippen molar-refractivity contribution < 1.29 is 9.36 Å². The Hall–Kier alpha value is -2.57. The van der Waals surface area contributed by atoms with Crippen molar-refractivity contribution in [2.75, 3.05) is 19.0 Å². The average molecular weight is 396 g/mol. The van der Waals surface area contributed by atoms with E-state index in [1.807, 2.05) is 95.9 Å². The van der Waals surface area contributed by atoms with E-state index < -0.39 is 6.04 Å². The highest BCUT2D eigenvalue weighted by atomic mass is 32.1. The lowest BCUT2D eigenvalue weighted by molar-refractivity contribution is -0.691. The molecule has 4 nitrogen and oxygen atoms in total. The number of carbonyl (C=O) groups is 1. The van der Waals surface area contributed by atoms with E-state index in [0.29, 0.717) is 16.5 Å². The maximum atomic E-state index is 13.1. The molecule has 0 amide bonds. The van der Waals surface area contributed by atoms with Crippen molar-refractivity contribution in [3.05, 3.63) is 82.8 Å². The summed E-state index contributed by atoms with van der Waals surface area (Å²) in [5.41, 5.74) is 2.12. The predicted molar refractivity (Wildman–Crippen MR) is 114 cm³/mol. The predicted octanol–water partition coefficient (Wildman–Crippen LogP) is 3.67. The van der Waals surface area contributed by atoms with Gasteiger partial charge in [-0.25, -0.2) is 0 Å². The lowest BCUT2D eigenvalue weighted by atomic mass is 10.1. The fraction of sp³-hybridized carbons (Fsp3) is 0.190. The van der Waals surface area contributed by atoms with Crippen LogP contribution in [0, 0.1) is 0 Å². The van der Waals surface area contributed by atoms with Crippen LogP contribution in [0.25, 0.3) is 0 Å². The van der Waals surface area contributed by atoms with E-state index in [1.54, 1.807) is 0 Å². The number of aromatic nitrogens is 1. The molecule has 1 aromatic carbocycles. The van der Waals surface area contributed by atoms with Crippen molar-refractivity contribution in [2.24, 2.45) is 4.99 Å². The Morgan fingerprint density at radius 2 is 1.81 bits per heavy atom. The largest absolute Gasteiger partial charge is 0.758 e. The quantitative estimate of drug-likeness (QED) is 0.201. The Kier molecular flexibility index (Phi) is 6.32. The Bertz CT molecular complexity index is 904. The molecule has 0 aliphatic heterocycles. The number of anilines is 1. The summed E-state index contributed by atoms with van der Waals surface area (Å²) < 4.78 is 1.84. The van der Waals surface area contributed by atoms with Gasteiger partial charge in [-0.2, -0.15) is 4.57 Å². The molecular weight excluding hydrogens is 374 g/mol. The van der Waals surface area contributed by atoms with Gasteiger partial charge in [0.1, 0.15) is 0 Å². The zero-order valence-corrected chi connectivity index (χ0v) is 16.9. The Labute approximate surface area is 169 Å². The van der Waals surface area contributed by atoms with Crippen molar-refractivity contribution in [2.45, 2.75) is 12.6 Å². The Balaban J connectivity index is 1.92. The van der Waals surface area contributed by atoms with Gasteiger partial charge in [-0.15, -0.1) is 11.3 Å². The van der Waals surface area contributed by atoms with Crippen LogP contribution in [-0.4, -0.2) is 24.9 Å². The second-order valence-electron chi connectivity index (χ2n) is 6.28. The van der Waals surface area contributed by atoms with E-state index in [1.165, 1.54) is 11.3 Å². The molecule has 0 N–H and O–H groups in total. The van der Waals surface area contributed by atoms with E-state index in [2.05, 4.69) is 4.99 Å². The molecule has 1 atom stereocenters. The second kappa shape index (κ2) is 8.88. The molecule has 0 aliphatic rings. The summed E-state index contributed by atoms with van der Waals surface area (Å²) in [6.45, 7) is 0.463. The molecule has 0 unspecified atom stereocenters. The lowest BCUT2D eigenvalue weighted by Crippen LogP contribution is -2.47. The molecule has 3 aromatic rings. The number of rotatable bonds is 7. The number of thiophene rings is 1. The molecule has 0 saturated carbocycles. The van der Waals surface area contributed by atoms with Crippen LogP contribution in [-0.2, 0) is 19.2 Å². The summed E-state index contributed by atoms with van der Waals surface area (Å²) in [5, 5.41) is 2.29. The first-order valence-electron chi connectivity index (χ1n) is 8.57. The minimum Gasteiger partial charge on any atom is -0.758 e. The molecule has 2 aromatic heterocycles. The summed E-state index contributed by atoms with van der Waals surface area (Å²) in [6, 6.07) is 16.9. The number of Topliss-reactive ketones (excluding diaryl/α,β-unsaturated/α-hetero) is 1. The molecule has 2 heterocycles. The second-order valence-corrected chi connectivity index (χ2v) is 7.65.